The Balaban J connectivity index is -0.0000000168. The molecule has 0 atom stereocenters. The van der Waals surface area contributed by atoms with E-state index in [1.807, 2.05) is 18.4 Å². The number of carbonyl (C=O) groups excluding carboxylic acids is 1. The van der Waals surface area contributed by atoms with Gasteiger partial charge in [-0.15, -0.1) is 12.2 Å². The molecule has 0 heterocycles. The Kier molecular flexibility index (Phi) is 97.0. The van der Waals surface area contributed by atoms with Crippen molar-refractivity contribution in [3.63, 3.8) is 0 Å². The molecule has 108 valence electrons. The molecule has 0 N–H and O–H groups in total. The van der Waals surface area contributed by atoms with Gasteiger partial charge in [-0.3, -0.25) is 0 Å². The third-order valence-corrected chi connectivity index (χ3v) is 0.902. The van der Waals surface area contributed by atoms with Gasteiger partial charge >= 0.3 is 49.1 Å². The summed E-state index contributed by atoms with van der Waals surface area (Å²) < 4.78 is 0. The molecular formula is C11H20Co2I2O-6. The zero-order valence-corrected chi connectivity index (χ0v) is 16.7. The number of allylic oxidation sites excluding steroid dienone is 4. The summed E-state index contributed by atoms with van der Waals surface area (Å²) in [6, 6.07) is 0. The van der Waals surface area contributed by atoms with Gasteiger partial charge in [0.2, 0.25) is 0 Å². The predicted molar refractivity (Wildman–Crippen MR) is 87.6 cm³/mol. The first-order valence-corrected chi connectivity index (χ1v) is 9.14. The Hall–Kier alpha value is 1.62. The van der Waals surface area contributed by atoms with Gasteiger partial charge < -0.3 is 41.9 Å². The molecule has 0 amide bonds. The summed E-state index contributed by atoms with van der Waals surface area (Å²) in [7, 11) is 1.38. The molecule has 0 aliphatic heterocycles. The number of rotatable bonds is 1. The fraction of sp³-hybridized carbons (Fsp3) is 0.0909. The fourth-order valence-corrected chi connectivity index (χ4v) is 0.523. The molecule has 1 nitrogen and oxygen atoms in total. The van der Waals surface area contributed by atoms with Crippen LogP contribution in [-0.4, -0.2) is 6.29 Å². The van der Waals surface area contributed by atoms with E-state index >= 15 is 0 Å². The minimum absolute atomic E-state index is 0. The molecule has 1 aliphatic carbocycles. The summed E-state index contributed by atoms with van der Waals surface area (Å²) in [5.74, 6) is 0. The van der Waals surface area contributed by atoms with Crippen molar-refractivity contribution in [2.75, 3.05) is 0 Å². The number of hydrogen-bond acceptors (Lipinski definition) is 1. The van der Waals surface area contributed by atoms with E-state index in [1.165, 1.54) is 8.26 Å². The average Bonchev–Trinajstić information content (AvgIpc) is 2.39. The van der Waals surface area contributed by atoms with Crippen molar-refractivity contribution >= 4 is 47.1 Å². The second-order valence-electron chi connectivity index (χ2n) is 1.47. The van der Waals surface area contributed by atoms with Crippen molar-refractivity contribution in [1.29, 1.82) is 0 Å². The van der Waals surface area contributed by atoms with E-state index in [1.54, 1.807) is 6.08 Å². The molecule has 0 aromatic carbocycles. The second-order valence-corrected chi connectivity index (χ2v) is 10.3. The van der Waals surface area contributed by atoms with E-state index in [-0.39, 0.29) is 53.9 Å². The Morgan fingerprint density at radius 3 is 1.62 bits per heavy atom. The first-order valence-electron chi connectivity index (χ1n) is 2.42. The monoisotopic (exact) mass is 540 g/mol. The first kappa shape index (κ1) is 43.2. The molecule has 16 heavy (non-hydrogen) atoms. The molecule has 0 saturated carbocycles. The van der Waals surface area contributed by atoms with Crippen LogP contribution in [0, 0.1) is 37.1 Å². The minimum atomic E-state index is 0. The van der Waals surface area contributed by atoms with Crippen molar-refractivity contribution < 1.29 is 29.8 Å². The van der Waals surface area contributed by atoms with Gasteiger partial charge in [0, 0.05) is 16.8 Å². The van der Waals surface area contributed by atoms with Crippen LogP contribution in [0.15, 0.2) is 23.8 Å². The molecule has 5 heteroatoms. The van der Waals surface area contributed by atoms with Crippen molar-refractivity contribution in [2.24, 2.45) is 0 Å². The van der Waals surface area contributed by atoms with Gasteiger partial charge in [0.05, 0.1) is 0 Å². The van der Waals surface area contributed by atoms with Crippen LogP contribution in [0.1, 0.15) is 6.42 Å². The van der Waals surface area contributed by atoms with E-state index < -0.39 is 0 Å². The van der Waals surface area contributed by atoms with Gasteiger partial charge in [-0.25, -0.2) is 6.08 Å². The molecule has 0 bridgehead atoms. The first-order chi connectivity index (χ1) is 4.85. The zero-order chi connectivity index (χ0) is 7.82. The van der Waals surface area contributed by atoms with Crippen LogP contribution in [-0.2, 0) is 29.8 Å². The van der Waals surface area contributed by atoms with Crippen LogP contribution in [0.2, 0.25) is 0 Å². The van der Waals surface area contributed by atoms with Crippen molar-refractivity contribution in [1.82, 2.24) is 0 Å². The van der Waals surface area contributed by atoms with Crippen LogP contribution in [0.25, 0.3) is 0 Å². The van der Waals surface area contributed by atoms with E-state index in [0.29, 0.717) is 0 Å². The van der Waals surface area contributed by atoms with Gasteiger partial charge in [0.25, 0.3) is 0 Å². The van der Waals surface area contributed by atoms with Crippen LogP contribution in [0.4, 0.5) is 0 Å². The third-order valence-electron chi connectivity index (χ3n) is 0.902. The average molecular weight is 540 g/mol. The molecule has 1 aliphatic rings. The number of halogens is 2. The van der Waals surface area contributed by atoms with Crippen LogP contribution >= 0.6 is 40.8 Å². The maximum atomic E-state index is 9.77. The molecule has 0 saturated heterocycles. The van der Waals surface area contributed by atoms with Crippen LogP contribution < -0.4 is 0 Å². The molecule has 0 fully saturated rings. The summed E-state index contributed by atoms with van der Waals surface area (Å²) in [4.78, 5) is 9.77. The third kappa shape index (κ3) is 29.6. The molecule has 1 radical (unpaired) electrons. The van der Waals surface area contributed by atoms with Crippen LogP contribution in [0.5, 0.6) is 0 Å². The summed E-state index contributed by atoms with van der Waals surface area (Å²) in [5.41, 5.74) is 0.750. The fourth-order valence-electron chi connectivity index (χ4n) is 0.523. The predicted octanol–water partition coefficient (Wildman–Crippen LogP) is 5.00. The van der Waals surface area contributed by atoms with Crippen LogP contribution in [0.3, 0.4) is 0 Å². The molecule has 0 aromatic rings. The standard InChI is InChI=1S/C6H5O.5CH3.2Co.2HI/c7-5-6-3-1-2-4-6;;;;;;;;;/h1-3H,4H2;5*1H3;;;2*1H/q6*-1;;+2;;/p-2. The van der Waals surface area contributed by atoms with Gasteiger partial charge in [0.15, 0.2) is 0 Å². The van der Waals surface area contributed by atoms with E-state index in [9.17, 15) is 4.79 Å². The van der Waals surface area contributed by atoms with Gasteiger partial charge in [-0.2, -0.15) is 5.57 Å². The van der Waals surface area contributed by atoms with E-state index in [0.717, 1.165) is 12.0 Å². The van der Waals surface area contributed by atoms with Crippen molar-refractivity contribution in [3.8, 4) is 0 Å². The normalized spacial score (nSPS) is 8.75. The topological polar surface area (TPSA) is 17.1 Å². The molecule has 0 aromatic heterocycles. The zero-order valence-electron chi connectivity index (χ0n) is 10.3. The quantitative estimate of drug-likeness (QED) is 0.339. The van der Waals surface area contributed by atoms with Crippen molar-refractivity contribution in [3.05, 3.63) is 60.9 Å². The van der Waals surface area contributed by atoms with E-state index in [4.69, 9.17) is 0 Å². The Morgan fingerprint density at radius 2 is 1.50 bits per heavy atom. The van der Waals surface area contributed by atoms with Gasteiger partial charge in [-0.1, -0.05) is 0 Å². The van der Waals surface area contributed by atoms with Gasteiger partial charge in [0.1, 0.15) is 0 Å². The molecule has 1 rings (SSSR count). The second kappa shape index (κ2) is 36.0. The summed E-state index contributed by atoms with van der Waals surface area (Å²) in [6.07, 6.45) is 8.14. The Bertz CT molecular complexity index is 160. The SMILES string of the molecule is O=[C-]C1=CC=CC1.[CH3-].[CH3-].[CH3-].[CH3-].[CH3-].[Co].[I][Co][I]. The summed E-state index contributed by atoms with van der Waals surface area (Å²) in [5, 5.41) is 0. The summed E-state index contributed by atoms with van der Waals surface area (Å²) in [6.45, 7) is 0. The molecule has 0 unspecified atom stereocenters. The van der Waals surface area contributed by atoms with E-state index in [2.05, 4.69) is 40.8 Å². The maximum absolute atomic E-state index is 9.77. The molecule has 0 spiro atoms. The summed E-state index contributed by atoms with van der Waals surface area (Å²) >= 11 is 4.49. The molecular weight excluding hydrogens is 520 g/mol. The number of hydrogen-bond donors (Lipinski definition) is 0. The Labute approximate surface area is 142 Å². The van der Waals surface area contributed by atoms with Gasteiger partial charge in [-0.05, 0) is 12.7 Å². The van der Waals surface area contributed by atoms with Crippen molar-refractivity contribution in [2.45, 2.75) is 6.42 Å². The Morgan fingerprint density at radius 1 is 1.12 bits per heavy atom.